The summed E-state index contributed by atoms with van der Waals surface area (Å²) < 4.78 is 5.35. The van der Waals surface area contributed by atoms with Crippen LogP contribution in [0.25, 0.3) is 0 Å². The van der Waals surface area contributed by atoms with Crippen LogP contribution in [0, 0.1) is 0 Å². The number of rotatable bonds is 4. The molecule has 0 aliphatic carbocycles. The van der Waals surface area contributed by atoms with Crippen LogP contribution in [-0.4, -0.2) is 37.8 Å². The Balaban J connectivity index is 2.24. The number of hydrogen-bond acceptors (Lipinski definition) is 4. The predicted molar refractivity (Wildman–Crippen MR) is 76.0 cm³/mol. The number of halogens is 2. The molecule has 0 saturated carbocycles. The lowest BCUT2D eigenvalue weighted by atomic mass is 10.3. The van der Waals surface area contributed by atoms with E-state index in [9.17, 15) is 0 Å². The van der Waals surface area contributed by atoms with Crippen molar-refractivity contribution >= 4 is 34.8 Å². The zero-order valence-corrected chi connectivity index (χ0v) is 12.1. The highest BCUT2D eigenvalue weighted by Gasteiger charge is 2.25. The number of anilines is 2. The Labute approximate surface area is 117 Å². The number of ether oxygens (including phenoxy) is 1. The van der Waals surface area contributed by atoms with Crippen molar-refractivity contribution in [2.24, 2.45) is 0 Å². The Bertz CT molecular complexity index is 428. The average Bonchev–Trinajstić information content (AvgIpc) is 2.81. The fourth-order valence-electron chi connectivity index (χ4n) is 2.08. The van der Waals surface area contributed by atoms with Crippen LogP contribution in [0.1, 0.15) is 13.3 Å². The fraction of sp³-hybridized carbons (Fsp3) is 0.583. The van der Waals surface area contributed by atoms with Gasteiger partial charge in [0.25, 0.3) is 0 Å². The Morgan fingerprint density at radius 2 is 2.28 bits per heavy atom. The zero-order chi connectivity index (χ0) is 13.1. The fourth-order valence-corrected chi connectivity index (χ4v) is 2.63. The Morgan fingerprint density at radius 1 is 1.50 bits per heavy atom. The van der Waals surface area contributed by atoms with E-state index in [4.69, 9.17) is 27.9 Å². The number of nitrogens with zero attached hydrogens (tertiary/aromatic N) is 2. The first-order chi connectivity index (χ1) is 8.65. The van der Waals surface area contributed by atoms with Crippen LogP contribution in [0.4, 0.5) is 11.6 Å². The van der Waals surface area contributed by atoms with Gasteiger partial charge in [-0.1, -0.05) is 23.2 Å². The molecule has 1 aliphatic rings. The van der Waals surface area contributed by atoms with Gasteiger partial charge in [0.2, 0.25) is 0 Å². The molecule has 1 aromatic rings. The number of methoxy groups -OCH3 is 1. The van der Waals surface area contributed by atoms with Gasteiger partial charge < -0.3 is 15.0 Å². The highest BCUT2D eigenvalue weighted by molar-refractivity contribution is 6.37. The SMILES string of the molecule is CCNc1nc(N2CCC(OC)C2)c(Cl)cc1Cl. The minimum atomic E-state index is 0.251. The molecule has 1 atom stereocenters. The van der Waals surface area contributed by atoms with E-state index >= 15 is 0 Å². The minimum absolute atomic E-state index is 0.251. The van der Waals surface area contributed by atoms with E-state index in [2.05, 4.69) is 15.2 Å². The summed E-state index contributed by atoms with van der Waals surface area (Å²) in [6.07, 6.45) is 1.24. The maximum Gasteiger partial charge on any atom is 0.150 e. The zero-order valence-electron chi connectivity index (χ0n) is 10.5. The third kappa shape index (κ3) is 2.82. The van der Waals surface area contributed by atoms with Crippen LogP contribution in [0.15, 0.2) is 6.07 Å². The summed E-state index contributed by atoms with van der Waals surface area (Å²) in [6.45, 7) is 4.49. The second-order valence-electron chi connectivity index (χ2n) is 4.25. The normalized spacial score (nSPS) is 19.3. The molecular formula is C12H17Cl2N3O. The van der Waals surface area contributed by atoms with E-state index in [0.717, 1.165) is 31.9 Å². The summed E-state index contributed by atoms with van der Waals surface area (Å²) in [4.78, 5) is 6.64. The van der Waals surface area contributed by atoms with Crippen molar-refractivity contribution in [2.75, 3.05) is 37.0 Å². The van der Waals surface area contributed by atoms with E-state index in [0.29, 0.717) is 15.9 Å². The Kier molecular flexibility index (Phi) is 4.54. The molecule has 0 aromatic carbocycles. The first-order valence-corrected chi connectivity index (χ1v) is 6.79. The van der Waals surface area contributed by atoms with E-state index in [-0.39, 0.29) is 6.10 Å². The molecule has 4 nitrogen and oxygen atoms in total. The highest BCUT2D eigenvalue weighted by atomic mass is 35.5. The molecular weight excluding hydrogens is 273 g/mol. The first-order valence-electron chi connectivity index (χ1n) is 6.03. The molecule has 100 valence electrons. The molecule has 1 aliphatic heterocycles. The molecule has 2 heterocycles. The molecule has 0 amide bonds. The van der Waals surface area contributed by atoms with E-state index < -0.39 is 0 Å². The third-order valence-corrected chi connectivity index (χ3v) is 3.60. The molecule has 0 bridgehead atoms. The molecule has 1 fully saturated rings. The van der Waals surface area contributed by atoms with Crippen molar-refractivity contribution in [1.82, 2.24) is 4.98 Å². The van der Waals surface area contributed by atoms with Crippen molar-refractivity contribution < 1.29 is 4.74 Å². The molecule has 1 unspecified atom stereocenters. The van der Waals surface area contributed by atoms with Gasteiger partial charge in [-0.05, 0) is 19.4 Å². The molecule has 2 rings (SSSR count). The highest BCUT2D eigenvalue weighted by Crippen LogP contribution is 2.33. The van der Waals surface area contributed by atoms with Crippen molar-refractivity contribution in [2.45, 2.75) is 19.4 Å². The second-order valence-corrected chi connectivity index (χ2v) is 5.06. The van der Waals surface area contributed by atoms with Gasteiger partial charge in [0, 0.05) is 26.7 Å². The summed E-state index contributed by atoms with van der Waals surface area (Å²) >= 11 is 12.3. The third-order valence-electron chi connectivity index (χ3n) is 3.03. The number of nitrogens with one attached hydrogen (secondary N) is 1. The summed E-state index contributed by atoms with van der Waals surface area (Å²) in [5, 5.41) is 4.26. The van der Waals surface area contributed by atoms with Gasteiger partial charge in [-0.3, -0.25) is 0 Å². The molecule has 18 heavy (non-hydrogen) atoms. The van der Waals surface area contributed by atoms with Crippen LogP contribution >= 0.6 is 23.2 Å². The van der Waals surface area contributed by atoms with Crippen molar-refractivity contribution in [3.05, 3.63) is 16.1 Å². The number of pyridine rings is 1. The van der Waals surface area contributed by atoms with E-state index in [1.54, 1.807) is 13.2 Å². The summed E-state index contributed by atoms with van der Waals surface area (Å²) in [7, 11) is 1.73. The lowest BCUT2D eigenvalue weighted by Crippen LogP contribution is -2.23. The maximum atomic E-state index is 6.22. The van der Waals surface area contributed by atoms with Gasteiger partial charge in [0.15, 0.2) is 0 Å². The monoisotopic (exact) mass is 289 g/mol. The smallest absolute Gasteiger partial charge is 0.150 e. The minimum Gasteiger partial charge on any atom is -0.380 e. The Morgan fingerprint density at radius 3 is 2.89 bits per heavy atom. The molecule has 1 saturated heterocycles. The maximum absolute atomic E-state index is 6.22. The lowest BCUT2D eigenvalue weighted by Gasteiger charge is -2.20. The molecule has 6 heteroatoms. The summed E-state index contributed by atoms with van der Waals surface area (Å²) in [6, 6.07) is 1.74. The summed E-state index contributed by atoms with van der Waals surface area (Å²) in [5.41, 5.74) is 0. The number of aromatic nitrogens is 1. The van der Waals surface area contributed by atoms with Gasteiger partial charge >= 0.3 is 0 Å². The quantitative estimate of drug-likeness (QED) is 0.925. The van der Waals surface area contributed by atoms with Crippen molar-refractivity contribution in [3.8, 4) is 0 Å². The van der Waals surface area contributed by atoms with Gasteiger partial charge in [-0.2, -0.15) is 0 Å². The van der Waals surface area contributed by atoms with Crippen molar-refractivity contribution in [3.63, 3.8) is 0 Å². The van der Waals surface area contributed by atoms with Crippen LogP contribution in [0.5, 0.6) is 0 Å². The van der Waals surface area contributed by atoms with Crippen LogP contribution < -0.4 is 10.2 Å². The van der Waals surface area contributed by atoms with Crippen molar-refractivity contribution in [1.29, 1.82) is 0 Å². The van der Waals surface area contributed by atoms with Gasteiger partial charge in [-0.15, -0.1) is 0 Å². The first kappa shape index (κ1) is 13.7. The molecule has 1 N–H and O–H groups in total. The second kappa shape index (κ2) is 5.95. The van der Waals surface area contributed by atoms with Gasteiger partial charge in [0.1, 0.15) is 11.6 Å². The molecule has 0 radical (unpaired) electrons. The van der Waals surface area contributed by atoms with Gasteiger partial charge in [0.05, 0.1) is 16.1 Å². The van der Waals surface area contributed by atoms with Crippen LogP contribution in [0.3, 0.4) is 0 Å². The topological polar surface area (TPSA) is 37.4 Å². The largest absolute Gasteiger partial charge is 0.380 e. The standard InChI is InChI=1S/C12H17Cl2N3O/c1-3-15-11-9(13)6-10(14)12(16-11)17-5-4-8(7-17)18-2/h6,8H,3-5,7H2,1-2H3,(H,15,16). The average molecular weight is 290 g/mol. The van der Waals surface area contributed by atoms with E-state index in [1.165, 1.54) is 0 Å². The Hall–Kier alpha value is -0.710. The van der Waals surface area contributed by atoms with Crippen LogP contribution in [0.2, 0.25) is 10.0 Å². The predicted octanol–water partition coefficient (Wildman–Crippen LogP) is 3.05. The molecule has 0 spiro atoms. The number of hydrogen-bond donors (Lipinski definition) is 1. The van der Waals surface area contributed by atoms with Crippen LogP contribution in [-0.2, 0) is 4.74 Å². The summed E-state index contributed by atoms with van der Waals surface area (Å²) in [5.74, 6) is 1.45. The lowest BCUT2D eigenvalue weighted by molar-refractivity contribution is 0.121. The van der Waals surface area contributed by atoms with E-state index in [1.807, 2.05) is 6.92 Å². The van der Waals surface area contributed by atoms with Gasteiger partial charge in [-0.25, -0.2) is 4.98 Å². The molecule has 1 aromatic heterocycles.